The Kier molecular flexibility index (Phi) is 5.02. The Hall–Kier alpha value is -3.57. The molecular formula is C26H26FN7O2S. The second kappa shape index (κ2) is 8.22. The Morgan fingerprint density at radius 2 is 1.89 bits per heavy atom. The van der Waals surface area contributed by atoms with Crippen molar-refractivity contribution in [3.8, 4) is 0 Å². The van der Waals surface area contributed by atoms with Crippen LogP contribution >= 0.6 is 0 Å². The SMILES string of the molecule is Cc1ccc(S(=O)(=O)N2CC3CC2CN3c2nc(Nc3cc(C4CC4)[nH]n3)c3ccccc3n2)cc1F. The first-order valence-electron chi connectivity index (χ1n) is 12.5. The van der Waals surface area contributed by atoms with Gasteiger partial charge in [0.25, 0.3) is 0 Å². The fraction of sp³-hybridized carbons (Fsp3) is 0.346. The Balaban J connectivity index is 1.17. The molecule has 0 spiro atoms. The third-order valence-electron chi connectivity index (χ3n) is 7.65. The van der Waals surface area contributed by atoms with Crippen molar-refractivity contribution in [1.29, 1.82) is 0 Å². The Morgan fingerprint density at radius 3 is 2.65 bits per heavy atom. The first-order valence-corrected chi connectivity index (χ1v) is 13.9. The van der Waals surface area contributed by atoms with Crippen LogP contribution in [0, 0.1) is 12.7 Å². The van der Waals surface area contributed by atoms with Crippen LogP contribution in [0.2, 0.25) is 0 Å². The van der Waals surface area contributed by atoms with Crippen molar-refractivity contribution < 1.29 is 12.8 Å². The maximum Gasteiger partial charge on any atom is 0.243 e. The van der Waals surface area contributed by atoms with Crippen LogP contribution in [0.15, 0.2) is 53.4 Å². The summed E-state index contributed by atoms with van der Waals surface area (Å²) in [4.78, 5) is 11.8. The van der Waals surface area contributed by atoms with E-state index in [4.69, 9.17) is 9.97 Å². The average Bonchev–Trinajstić information content (AvgIpc) is 3.30. The van der Waals surface area contributed by atoms with Gasteiger partial charge in [0, 0.05) is 48.2 Å². The van der Waals surface area contributed by atoms with E-state index in [0.29, 0.717) is 48.6 Å². The third-order valence-corrected chi connectivity index (χ3v) is 9.56. The smallest absolute Gasteiger partial charge is 0.243 e. The van der Waals surface area contributed by atoms with Crippen LogP contribution in [0.3, 0.4) is 0 Å². The summed E-state index contributed by atoms with van der Waals surface area (Å²) in [5.74, 6) is 1.98. The molecular weight excluding hydrogens is 493 g/mol. The molecule has 2 unspecified atom stereocenters. The molecule has 3 fully saturated rings. The predicted molar refractivity (Wildman–Crippen MR) is 138 cm³/mol. The minimum atomic E-state index is -3.80. The molecule has 2 aromatic carbocycles. The lowest BCUT2D eigenvalue weighted by Crippen LogP contribution is -2.49. The number of piperazine rings is 1. The molecule has 37 heavy (non-hydrogen) atoms. The highest BCUT2D eigenvalue weighted by Gasteiger charge is 2.49. The molecule has 1 aliphatic carbocycles. The number of halogens is 1. The zero-order chi connectivity index (χ0) is 25.3. The standard InChI is InChI=1S/C26H26FN7O2S/c1-15-6-9-19(11-21(15)27)37(35,36)34-14-17-10-18(34)13-33(17)26-28-22-5-3-2-4-20(22)25(30-26)29-24-12-23(31-32-24)16-7-8-16/h2-6,9,11-12,16-18H,7-8,10,13-14H2,1H3,(H2,28,29,30,31,32). The number of aromatic amines is 1. The van der Waals surface area contributed by atoms with E-state index in [0.717, 1.165) is 22.7 Å². The number of aromatic nitrogens is 4. The lowest BCUT2D eigenvalue weighted by molar-refractivity contribution is 0.366. The summed E-state index contributed by atoms with van der Waals surface area (Å²) in [6, 6.07) is 13.7. The highest BCUT2D eigenvalue weighted by molar-refractivity contribution is 7.89. The Labute approximate surface area is 213 Å². The number of nitrogens with zero attached hydrogens (tertiary/aromatic N) is 5. The molecule has 9 nitrogen and oxygen atoms in total. The van der Waals surface area contributed by atoms with Crippen LogP contribution in [0.5, 0.6) is 0 Å². The molecule has 4 heterocycles. The van der Waals surface area contributed by atoms with Crippen molar-refractivity contribution in [3.05, 3.63) is 65.6 Å². The number of aryl methyl sites for hydroxylation is 1. The van der Waals surface area contributed by atoms with E-state index >= 15 is 0 Å². The van der Waals surface area contributed by atoms with Crippen LogP contribution in [-0.2, 0) is 10.0 Å². The van der Waals surface area contributed by atoms with Crippen molar-refractivity contribution >= 4 is 38.5 Å². The minimum Gasteiger partial charge on any atom is -0.335 e. The number of sulfonamides is 1. The number of anilines is 3. The number of nitrogens with one attached hydrogen (secondary N) is 2. The van der Waals surface area contributed by atoms with E-state index in [9.17, 15) is 12.8 Å². The van der Waals surface area contributed by atoms with E-state index in [2.05, 4.69) is 20.4 Å². The summed E-state index contributed by atoms with van der Waals surface area (Å²) in [5.41, 5.74) is 2.35. The molecule has 2 saturated heterocycles. The number of hydrogen-bond donors (Lipinski definition) is 2. The number of H-pyrrole nitrogens is 1. The first-order chi connectivity index (χ1) is 17.9. The van der Waals surface area contributed by atoms with E-state index in [1.165, 1.54) is 29.3 Å². The van der Waals surface area contributed by atoms with Gasteiger partial charge in [0.1, 0.15) is 11.6 Å². The lowest BCUT2D eigenvalue weighted by atomic mass is 10.2. The molecule has 7 rings (SSSR count). The quantitative estimate of drug-likeness (QED) is 0.395. The van der Waals surface area contributed by atoms with Crippen LogP contribution < -0.4 is 10.2 Å². The van der Waals surface area contributed by atoms with Crippen LogP contribution in [-0.4, -0.2) is 58.1 Å². The zero-order valence-corrected chi connectivity index (χ0v) is 21.0. The maximum atomic E-state index is 14.1. The van der Waals surface area contributed by atoms with Crippen molar-refractivity contribution in [3.63, 3.8) is 0 Å². The van der Waals surface area contributed by atoms with Crippen molar-refractivity contribution in [2.45, 2.75) is 49.1 Å². The molecule has 2 bridgehead atoms. The molecule has 2 aromatic heterocycles. The van der Waals surface area contributed by atoms with E-state index < -0.39 is 15.8 Å². The molecule has 4 aromatic rings. The summed E-state index contributed by atoms with van der Waals surface area (Å²) in [7, 11) is -3.80. The average molecular weight is 520 g/mol. The number of para-hydroxylation sites is 1. The minimum absolute atomic E-state index is 0.00675. The topological polar surface area (TPSA) is 107 Å². The number of fused-ring (bicyclic) bond motifs is 3. The van der Waals surface area contributed by atoms with Gasteiger partial charge in [-0.1, -0.05) is 18.2 Å². The first kappa shape index (κ1) is 22.6. The van der Waals surface area contributed by atoms with Gasteiger partial charge in [-0.15, -0.1) is 0 Å². The van der Waals surface area contributed by atoms with Gasteiger partial charge in [-0.3, -0.25) is 5.10 Å². The highest BCUT2D eigenvalue weighted by Crippen LogP contribution is 2.40. The molecule has 11 heteroatoms. The summed E-state index contributed by atoms with van der Waals surface area (Å²) in [6.45, 7) is 2.40. The van der Waals surface area contributed by atoms with Gasteiger partial charge in [0.15, 0.2) is 5.82 Å². The van der Waals surface area contributed by atoms with Crippen molar-refractivity contribution in [1.82, 2.24) is 24.5 Å². The van der Waals surface area contributed by atoms with Gasteiger partial charge in [-0.2, -0.15) is 14.4 Å². The fourth-order valence-electron chi connectivity index (χ4n) is 5.45. The Morgan fingerprint density at radius 1 is 1.05 bits per heavy atom. The molecule has 0 radical (unpaired) electrons. The molecule has 2 N–H and O–H groups in total. The number of benzene rings is 2. The van der Waals surface area contributed by atoms with Crippen LogP contribution in [0.4, 0.5) is 22.0 Å². The van der Waals surface area contributed by atoms with Crippen LogP contribution in [0.1, 0.15) is 36.4 Å². The summed E-state index contributed by atoms with van der Waals surface area (Å²) < 4.78 is 42.2. The molecule has 190 valence electrons. The van der Waals surface area contributed by atoms with Gasteiger partial charge in [0.05, 0.1) is 10.4 Å². The van der Waals surface area contributed by atoms with Gasteiger partial charge in [-0.05, 0) is 56.0 Å². The van der Waals surface area contributed by atoms with Gasteiger partial charge in [0.2, 0.25) is 16.0 Å². The van der Waals surface area contributed by atoms with Gasteiger partial charge >= 0.3 is 0 Å². The summed E-state index contributed by atoms with van der Waals surface area (Å²) in [6.07, 6.45) is 3.05. The molecule has 2 atom stereocenters. The second-order valence-electron chi connectivity index (χ2n) is 10.2. The van der Waals surface area contributed by atoms with E-state index in [1.54, 1.807) is 6.92 Å². The monoisotopic (exact) mass is 519 g/mol. The number of rotatable bonds is 6. The normalized spacial score (nSPS) is 21.7. The largest absolute Gasteiger partial charge is 0.335 e. The highest BCUT2D eigenvalue weighted by atomic mass is 32.2. The summed E-state index contributed by atoms with van der Waals surface area (Å²) >= 11 is 0. The van der Waals surface area contributed by atoms with Gasteiger partial charge in [-0.25, -0.2) is 17.8 Å². The van der Waals surface area contributed by atoms with Crippen molar-refractivity contribution in [2.75, 3.05) is 23.3 Å². The van der Waals surface area contributed by atoms with E-state index in [-0.39, 0.29) is 17.0 Å². The number of hydrogen-bond acceptors (Lipinski definition) is 7. The molecule has 3 aliphatic rings. The summed E-state index contributed by atoms with van der Waals surface area (Å²) in [5, 5.41) is 11.8. The predicted octanol–water partition coefficient (Wildman–Crippen LogP) is 4.07. The zero-order valence-electron chi connectivity index (χ0n) is 20.2. The lowest BCUT2D eigenvalue weighted by Gasteiger charge is -2.33. The molecule has 1 saturated carbocycles. The second-order valence-corrected chi connectivity index (χ2v) is 12.1. The Bertz CT molecular complexity index is 1640. The molecule has 2 aliphatic heterocycles. The third kappa shape index (κ3) is 3.84. The molecule has 0 amide bonds. The van der Waals surface area contributed by atoms with Crippen molar-refractivity contribution in [2.24, 2.45) is 0 Å². The maximum absolute atomic E-state index is 14.1. The fourth-order valence-corrected chi connectivity index (χ4v) is 7.13. The van der Waals surface area contributed by atoms with E-state index in [1.807, 2.05) is 30.3 Å². The van der Waals surface area contributed by atoms with Crippen LogP contribution in [0.25, 0.3) is 10.9 Å². The van der Waals surface area contributed by atoms with Gasteiger partial charge < -0.3 is 10.2 Å².